The molecular formula is C22H25N3O4. The number of nitrogens with one attached hydrogen (secondary N) is 2. The maximum absolute atomic E-state index is 12.6. The Morgan fingerprint density at radius 1 is 0.862 bits per heavy atom. The zero-order valence-corrected chi connectivity index (χ0v) is 16.6. The summed E-state index contributed by atoms with van der Waals surface area (Å²) in [6.45, 7) is 3.73. The molecule has 0 aromatic heterocycles. The number of amides is 3. The van der Waals surface area contributed by atoms with E-state index in [4.69, 9.17) is 4.74 Å². The van der Waals surface area contributed by atoms with Gasteiger partial charge in [-0.25, -0.2) is 0 Å². The van der Waals surface area contributed by atoms with Crippen LogP contribution in [0.5, 0.6) is 5.75 Å². The first-order valence-electron chi connectivity index (χ1n) is 9.62. The fourth-order valence-corrected chi connectivity index (χ4v) is 3.14. The lowest BCUT2D eigenvalue weighted by molar-refractivity contribution is -0.132. The average molecular weight is 395 g/mol. The number of anilines is 2. The smallest absolute Gasteiger partial charge is 0.314 e. The Labute approximate surface area is 170 Å². The number of rotatable bonds is 4. The molecule has 0 radical (unpaired) electrons. The van der Waals surface area contributed by atoms with Gasteiger partial charge < -0.3 is 20.3 Å². The molecule has 1 fully saturated rings. The van der Waals surface area contributed by atoms with Crippen LogP contribution < -0.4 is 15.4 Å². The van der Waals surface area contributed by atoms with E-state index in [1.807, 2.05) is 4.90 Å². The van der Waals surface area contributed by atoms with Gasteiger partial charge in [0.2, 0.25) is 0 Å². The van der Waals surface area contributed by atoms with E-state index in [0.29, 0.717) is 28.6 Å². The summed E-state index contributed by atoms with van der Waals surface area (Å²) >= 11 is 0. The molecule has 0 unspecified atom stereocenters. The van der Waals surface area contributed by atoms with Crippen LogP contribution in [0.25, 0.3) is 0 Å². The molecular weight excluding hydrogens is 370 g/mol. The van der Waals surface area contributed by atoms with Gasteiger partial charge in [0, 0.05) is 30.0 Å². The van der Waals surface area contributed by atoms with Crippen molar-refractivity contribution in [2.75, 3.05) is 30.8 Å². The predicted molar refractivity (Wildman–Crippen MR) is 111 cm³/mol. The molecule has 1 aliphatic heterocycles. The Kier molecular flexibility index (Phi) is 6.49. The number of carbonyl (C=O) groups excluding carboxylic acids is 3. The van der Waals surface area contributed by atoms with Gasteiger partial charge in [-0.3, -0.25) is 14.4 Å². The maximum Gasteiger partial charge on any atom is 0.314 e. The summed E-state index contributed by atoms with van der Waals surface area (Å²) in [5, 5.41) is 5.06. The van der Waals surface area contributed by atoms with E-state index >= 15 is 0 Å². The van der Waals surface area contributed by atoms with Crippen molar-refractivity contribution >= 4 is 29.1 Å². The fraction of sp³-hybridized carbons (Fsp3) is 0.318. The van der Waals surface area contributed by atoms with E-state index in [0.717, 1.165) is 25.9 Å². The third kappa shape index (κ3) is 5.34. The van der Waals surface area contributed by atoms with Crippen molar-refractivity contribution in [2.45, 2.75) is 19.8 Å². The summed E-state index contributed by atoms with van der Waals surface area (Å²) in [6, 6.07) is 13.2. The van der Waals surface area contributed by atoms with Crippen LogP contribution in [-0.4, -0.2) is 42.8 Å². The van der Waals surface area contributed by atoms with E-state index in [1.165, 1.54) is 0 Å². The molecule has 0 saturated carbocycles. The molecule has 29 heavy (non-hydrogen) atoms. The summed E-state index contributed by atoms with van der Waals surface area (Å²) in [7, 11) is 1.55. The lowest BCUT2D eigenvalue weighted by Crippen LogP contribution is -2.37. The molecule has 2 aromatic carbocycles. The Bertz CT molecular complexity index is 870. The van der Waals surface area contributed by atoms with Crippen LogP contribution in [-0.2, 0) is 9.59 Å². The highest BCUT2D eigenvalue weighted by atomic mass is 16.5. The van der Waals surface area contributed by atoms with Crippen molar-refractivity contribution in [1.82, 2.24) is 4.90 Å². The summed E-state index contributed by atoms with van der Waals surface area (Å²) in [5.41, 5.74) is 1.51. The number of ether oxygens (including phenoxy) is 1. The second-order valence-corrected chi connectivity index (χ2v) is 7.19. The maximum atomic E-state index is 12.6. The van der Waals surface area contributed by atoms with Gasteiger partial charge in [0.05, 0.1) is 7.11 Å². The highest BCUT2D eigenvalue weighted by molar-refractivity contribution is 6.43. The molecule has 1 heterocycles. The number of methoxy groups -OCH3 is 1. The number of likely N-dealkylation sites (tertiary alicyclic amines) is 1. The van der Waals surface area contributed by atoms with Gasteiger partial charge in [0.15, 0.2) is 0 Å². The minimum absolute atomic E-state index is 0.00738. The minimum atomic E-state index is -0.787. The lowest BCUT2D eigenvalue weighted by atomic mass is 9.98. The Hall–Kier alpha value is -3.35. The minimum Gasteiger partial charge on any atom is -0.497 e. The van der Waals surface area contributed by atoms with E-state index in [2.05, 4.69) is 17.6 Å². The first kappa shape index (κ1) is 20.4. The van der Waals surface area contributed by atoms with Crippen LogP contribution in [0, 0.1) is 5.92 Å². The molecule has 3 rings (SSSR count). The molecule has 2 N–H and O–H groups in total. The van der Waals surface area contributed by atoms with Crippen molar-refractivity contribution in [3.63, 3.8) is 0 Å². The second-order valence-electron chi connectivity index (χ2n) is 7.19. The molecule has 7 nitrogen and oxygen atoms in total. The third-order valence-electron chi connectivity index (χ3n) is 5.01. The van der Waals surface area contributed by atoms with Gasteiger partial charge in [0.1, 0.15) is 5.75 Å². The summed E-state index contributed by atoms with van der Waals surface area (Å²) < 4.78 is 5.05. The van der Waals surface area contributed by atoms with Crippen molar-refractivity contribution < 1.29 is 19.1 Å². The number of piperidine rings is 1. The van der Waals surface area contributed by atoms with Crippen LogP contribution in [0.2, 0.25) is 0 Å². The predicted octanol–water partition coefficient (Wildman–Crippen LogP) is 3.14. The summed E-state index contributed by atoms with van der Waals surface area (Å²) in [5.74, 6) is -0.267. The Balaban J connectivity index is 1.54. The zero-order chi connectivity index (χ0) is 20.8. The molecule has 2 aromatic rings. The van der Waals surface area contributed by atoms with Crippen LogP contribution in [0.3, 0.4) is 0 Å². The molecule has 0 bridgehead atoms. The van der Waals surface area contributed by atoms with E-state index in [1.54, 1.807) is 55.6 Å². The molecule has 152 valence electrons. The Morgan fingerprint density at radius 3 is 1.83 bits per heavy atom. The van der Waals surface area contributed by atoms with Gasteiger partial charge in [-0.2, -0.15) is 0 Å². The van der Waals surface area contributed by atoms with Crippen LogP contribution >= 0.6 is 0 Å². The first-order valence-corrected chi connectivity index (χ1v) is 9.62. The van der Waals surface area contributed by atoms with Crippen molar-refractivity contribution in [3.05, 3.63) is 54.1 Å². The largest absolute Gasteiger partial charge is 0.497 e. The monoisotopic (exact) mass is 395 g/mol. The van der Waals surface area contributed by atoms with E-state index < -0.39 is 11.8 Å². The van der Waals surface area contributed by atoms with E-state index in [-0.39, 0.29) is 5.91 Å². The number of hydrogen-bond acceptors (Lipinski definition) is 4. The zero-order valence-electron chi connectivity index (χ0n) is 16.6. The van der Waals surface area contributed by atoms with Crippen LogP contribution in [0.15, 0.2) is 48.5 Å². The molecule has 0 aliphatic carbocycles. The van der Waals surface area contributed by atoms with Gasteiger partial charge in [-0.15, -0.1) is 0 Å². The normalized spacial score (nSPS) is 14.2. The molecule has 3 amide bonds. The van der Waals surface area contributed by atoms with Gasteiger partial charge in [-0.1, -0.05) is 6.92 Å². The van der Waals surface area contributed by atoms with Gasteiger partial charge >= 0.3 is 11.8 Å². The lowest BCUT2D eigenvalue weighted by Gasteiger charge is -2.30. The molecule has 1 aliphatic rings. The highest BCUT2D eigenvalue weighted by Gasteiger charge is 2.21. The first-order chi connectivity index (χ1) is 14.0. The molecule has 1 saturated heterocycles. The van der Waals surface area contributed by atoms with Crippen LogP contribution in [0.1, 0.15) is 30.1 Å². The summed E-state index contributed by atoms with van der Waals surface area (Å²) in [6.07, 6.45) is 2.03. The van der Waals surface area contributed by atoms with Crippen molar-refractivity contribution in [1.29, 1.82) is 0 Å². The second kappa shape index (κ2) is 9.23. The number of nitrogens with zero attached hydrogens (tertiary/aromatic N) is 1. The Morgan fingerprint density at radius 2 is 1.34 bits per heavy atom. The third-order valence-corrected chi connectivity index (χ3v) is 5.01. The molecule has 7 heteroatoms. The highest BCUT2D eigenvalue weighted by Crippen LogP contribution is 2.19. The van der Waals surface area contributed by atoms with Crippen molar-refractivity contribution in [2.24, 2.45) is 5.92 Å². The number of benzene rings is 2. The van der Waals surface area contributed by atoms with Crippen molar-refractivity contribution in [3.8, 4) is 5.75 Å². The van der Waals surface area contributed by atoms with E-state index in [9.17, 15) is 14.4 Å². The molecule has 0 atom stereocenters. The average Bonchev–Trinajstić information content (AvgIpc) is 2.75. The standard InChI is InChI=1S/C22H25N3O4/c1-15-11-13-25(14-12-15)22(28)16-3-5-17(6-4-16)23-20(26)21(27)24-18-7-9-19(29-2)10-8-18/h3-10,15H,11-14H2,1-2H3,(H,23,26)(H,24,27). The number of carbonyl (C=O) groups is 3. The van der Waals surface area contributed by atoms with Gasteiger partial charge in [-0.05, 0) is 67.3 Å². The van der Waals surface area contributed by atoms with Crippen LogP contribution in [0.4, 0.5) is 11.4 Å². The number of hydrogen-bond donors (Lipinski definition) is 2. The fourth-order valence-electron chi connectivity index (χ4n) is 3.14. The van der Waals surface area contributed by atoms with Gasteiger partial charge in [0.25, 0.3) is 5.91 Å². The quantitative estimate of drug-likeness (QED) is 0.779. The molecule has 0 spiro atoms. The SMILES string of the molecule is COc1ccc(NC(=O)C(=O)Nc2ccc(C(=O)N3CCC(C)CC3)cc2)cc1. The summed E-state index contributed by atoms with van der Waals surface area (Å²) in [4.78, 5) is 38.6. The topological polar surface area (TPSA) is 87.7 Å².